The van der Waals surface area contributed by atoms with Gasteiger partial charge in [0.1, 0.15) is 20.2 Å². The number of hydrogen-bond donors (Lipinski definition) is 2. The standard InChI is InChI=1S/C16H14FN5O6S2.2Na/c1-9-8-10(6-7-12(9)29(23,24)25)18-15-20-14(17)21-16(22-15)19-11-4-2-3-5-13(11)30(26,27)28;;/h2-8H,1H3,(H,23,24,25)(H,26,27,28)(H2,18,19,20,21,22);;/q;2*+1/p-2. The van der Waals surface area contributed by atoms with Crippen LogP contribution in [0.15, 0.2) is 52.3 Å². The predicted molar refractivity (Wildman–Crippen MR) is 99.9 cm³/mol. The monoisotopic (exact) mass is 499 g/mol. The van der Waals surface area contributed by atoms with Crippen LogP contribution in [0.4, 0.5) is 27.7 Å². The molecule has 0 spiro atoms. The first-order valence-corrected chi connectivity index (χ1v) is 10.8. The fourth-order valence-corrected chi connectivity index (χ4v) is 3.83. The number of rotatable bonds is 6. The molecule has 11 nitrogen and oxygen atoms in total. The Morgan fingerprint density at radius 1 is 0.812 bits per heavy atom. The normalized spacial score (nSPS) is 11.1. The van der Waals surface area contributed by atoms with E-state index in [-0.39, 0.29) is 82.0 Å². The van der Waals surface area contributed by atoms with E-state index in [1.54, 1.807) is 0 Å². The fraction of sp³-hybridized carbons (Fsp3) is 0.0625. The number of nitrogens with one attached hydrogen (secondary N) is 2. The SMILES string of the molecule is Cc1cc(Nc2nc(F)nc(Nc3ccccc3S(=O)(=O)[O-])n2)ccc1S(=O)(=O)[O-].[Na+].[Na+]. The number of nitrogens with zero attached hydrogens (tertiary/aromatic N) is 3. The maximum Gasteiger partial charge on any atom is 1.00 e. The summed E-state index contributed by atoms with van der Waals surface area (Å²) < 4.78 is 81.3. The minimum atomic E-state index is -4.81. The van der Waals surface area contributed by atoms with Crippen LogP contribution >= 0.6 is 0 Å². The minimum absolute atomic E-state index is 0. The van der Waals surface area contributed by atoms with E-state index in [4.69, 9.17) is 0 Å². The van der Waals surface area contributed by atoms with Crippen molar-refractivity contribution >= 4 is 43.5 Å². The topological polar surface area (TPSA) is 177 Å². The smallest absolute Gasteiger partial charge is 0.744 e. The second kappa shape index (κ2) is 11.3. The van der Waals surface area contributed by atoms with Crippen molar-refractivity contribution < 1.29 is 89.4 Å². The molecule has 158 valence electrons. The van der Waals surface area contributed by atoms with Gasteiger partial charge in [-0.15, -0.1) is 0 Å². The van der Waals surface area contributed by atoms with Gasteiger partial charge >= 0.3 is 65.2 Å². The number of para-hydroxylation sites is 1. The molecule has 2 N–H and O–H groups in total. The molecule has 16 heteroatoms. The van der Waals surface area contributed by atoms with E-state index in [9.17, 15) is 30.3 Å². The van der Waals surface area contributed by atoms with Gasteiger partial charge in [-0.2, -0.15) is 19.3 Å². The molecule has 0 amide bonds. The van der Waals surface area contributed by atoms with E-state index in [1.807, 2.05) is 0 Å². The zero-order chi connectivity index (χ0) is 22.1. The van der Waals surface area contributed by atoms with E-state index in [0.29, 0.717) is 0 Å². The molecule has 0 radical (unpaired) electrons. The first-order chi connectivity index (χ1) is 13.9. The van der Waals surface area contributed by atoms with Gasteiger partial charge in [-0.05, 0) is 42.8 Å². The number of hydrogen-bond acceptors (Lipinski definition) is 11. The molecule has 3 rings (SSSR count). The summed E-state index contributed by atoms with van der Waals surface area (Å²) >= 11 is 0. The van der Waals surface area contributed by atoms with Crippen LogP contribution in [0.2, 0.25) is 0 Å². The zero-order valence-corrected chi connectivity index (χ0v) is 22.7. The van der Waals surface area contributed by atoms with Crippen LogP contribution in [0.3, 0.4) is 0 Å². The van der Waals surface area contributed by atoms with Crippen LogP contribution in [0, 0.1) is 13.0 Å². The largest absolute Gasteiger partial charge is 1.00 e. The van der Waals surface area contributed by atoms with Crippen molar-refractivity contribution in [2.75, 3.05) is 10.6 Å². The molecule has 0 atom stereocenters. The molecule has 2 aromatic carbocycles. The average molecular weight is 499 g/mol. The van der Waals surface area contributed by atoms with Gasteiger partial charge in [-0.3, -0.25) is 0 Å². The van der Waals surface area contributed by atoms with Gasteiger partial charge < -0.3 is 19.7 Å². The molecule has 0 unspecified atom stereocenters. The quantitative estimate of drug-likeness (QED) is 0.247. The van der Waals surface area contributed by atoms with Crippen molar-refractivity contribution in [2.45, 2.75) is 16.7 Å². The molecule has 3 aromatic rings. The summed E-state index contributed by atoms with van der Waals surface area (Å²) in [6.45, 7) is 1.40. The molecule has 0 saturated carbocycles. The van der Waals surface area contributed by atoms with Crippen molar-refractivity contribution in [1.29, 1.82) is 0 Å². The maximum absolute atomic E-state index is 13.8. The Balaban J connectivity index is 0.00000256. The Kier molecular flexibility index (Phi) is 10.2. The van der Waals surface area contributed by atoms with Gasteiger partial charge in [0.2, 0.25) is 11.9 Å². The Morgan fingerprint density at radius 3 is 1.94 bits per heavy atom. The van der Waals surface area contributed by atoms with Crippen molar-refractivity contribution in [1.82, 2.24) is 15.0 Å². The van der Waals surface area contributed by atoms with Crippen LogP contribution in [0.25, 0.3) is 0 Å². The molecule has 0 aliphatic carbocycles. The van der Waals surface area contributed by atoms with Crippen molar-refractivity contribution in [3.8, 4) is 0 Å². The van der Waals surface area contributed by atoms with Gasteiger partial charge in [0, 0.05) is 5.69 Å². The van der Waals surface area contributed by atoms with Gasteiger partial charge in [0.15, 0.2) is 0 Å². The second-order valence-electron chi connectivity index (χ2n) is 5.89. The number of aromatic nitrogens is 3. The summed E-state index contributed by atoms with van der Waals surface area (Å²) in [6, 6.07) is 8.77. The van der Waals surface area contributed by atoms with E-state index in [0.717, 1.165) is 12.1 Å². The zero-order valence-electron chi connectivity index (χ0n) is 17.0. The third kappa shape index (κ3) is 7.41. The van der Waals surface area contributed by atoms with E-state index >= 15 is 0 Å². The van der Waals surface area contributed by atoms with E-state index in [2.05, 4.69) is 25.6 Å². The third-order valence-corrected chi connectivity index (χ3v) is 5.60. The number of benzene rings is 2. The molecule has 0 aliphatic heterocycles. The van der Waals surface area contributed by atoms with Crippen LogP contribution in [0.1, 0.15) is 5.56 Å². The minimum Gasteiger partial charge on any atom is -0.744 e. The third-order valence-electron chi connectivity index (χ3n) is 3.71. The van der Waals surface area contributed by atoms with Gasteiger partial charge in [0.05, 0.1) is 15.5 Å². The van der Waals surface area contributed by atoms with Crippen molar-refractivity contribution in [3.05, 3.63) is 54.1 Å². The molecule has 1 heterocycles. The summed E-state index contributed by atoms with van der Waals surface area (Å²) in [5, 5.41) is 5.06. The van der Waals surface area contributed by atoms with Crippen LogP contribution in [-0.2, 0) is 20.2 Å². The number of halogens is 1. The molecule has 1 aromatic heterocycles. The Labute approximate surface area is 227 Å². The summed E-state index contributed by atoms with van der Waals surface area (Å²) in [5.74, 6) is -0.693. The average Bonchev–Trinajstić information content (AvgIpc) is 2.59. The first-order valence-electron chi connectivity index (χ1n) is 8.00. The van der Waals surface area contributed by atoms with Crippen LogP contribution in [0.5, 0.6) is 0 Å². The number of anilines is 4. The van der Waals surface area contributed by atoms with Gasteiger partial charge in [0.25, 0.3) is 0 Å². The molecule has 0 saturated heterocycles. The summed E-state index contributed by atoms with van der Waals surface area (Å²) in [4.78, 5) is 9.74. The molecule has 0 bridgehead atoms. The van der Waals surface area contributed by atoms with Crippen LogP contribution in [-0.4, -0.2) is 40.9 Å². The molecule has 0 aliphatic rings. The van der Waals surface area contributed by atoms with Crippen molar-refractivity contribution in [2.24, 2.45) is 0 Å². The predicted octanol–water partition coefficient (Wildman–Crippen LogP) is -4.38. The summed E-state index contributed by atoms with van der Waals surface area (Å²) in [7, 11) is -9.46. The second-order valence-corrected chi connectivity index (χ2v) is 8.58. The molecular formula is C16H12FN5Na2O6S2. The molecular weight excluding hydrogens is 487 g/mol. The fourth-order valence-electron chi connectivity index (χ4n) is 2.51. The van der Waals surface area contributed by atoms with Gasteiger partial charge in [-0.1, -0.05) is 12.1 Å². The first kappa shape index (κ1) is 28.8. The molecule has 32 heavy (non-hydrogen) atoms. The van der Waals surface area contributed by atoms with Gasteiger partial charge in [-0.25, -0.2) is 16.8 Å². The van der Waals surface area contributed by atoms with E-state index in [1.165, 1.54) is 37.3 Å². The maximum atomic E-state index is 13.8. The summed E-state index contributed by atoms with van der Waals surface area (Å²) in [5.41, 5.74) is 0.237. The number of aryl methyl sites for hydroxylation is 1. The molecule has 0 fully saturated rings. The van der Waals surface area contributed by atoms with E-state index < -0.39 is 42.1 Å². The van der Waals surface area contributed by atoms with Crippen molar-refractivity contribution in [3.63, 3.8) is 0 Å². The Morgan fingerprint density at radius 2 is 1.38 bits per heavy atom. The van der Waals surface area contributed by atoms with Crippen LogP contribution < -0.4 is 69.7 Å². The Hall–Kier alpha value is -1.20. The summed E-state index contributed by atoms with van der Waals surface area (Å²) in [6.07, 6.45) is -1.21. The Bertz CT molecular complexity index is 1340.